The van der Waals surface area contributed by atoms with Gasteiger partial charge < -0.3 is 15.0 Å². The first-order valence-corrected chi connectivity index (χ1v) is 7.78. The zero-order valence-corrected chi connectivity index (χ0v) is 12.8. The van der Waals surface area contributed by atoms with E-state index in [1.165, 1.54) is 19.3 Å². The Kier molecular flexibility index (Phi) is 7.87. The third-order valence-corrected chi connectivity index (χ3v) is 3.66. The maximum atomic E-state index is 11.6. The lowest BCUT2D eigenvalue weighted by molar-refractivity contribution is 0.0951. The van der Waals surface area contributed by atoms with Crippen LogP contribution < -0.4 is 5.32 Å². The normalized spacial score (nSPS) is 16.9. The predicted molar refractivity (Wildman–Crippen MR) is 78.3 cm³/mol. The Bertz CT molecular complexity index is 249. The van der Waals surface area contributed by atoms with E-state index < -0.39 is 0 Å². The highest BCUT2D eigenvalue weighted by molar-refractivity contribution is 5.67. The summed E-state index contributed by atoms with van der Waals surface area (Å²) in [5.41, 5.74) is 0. The minimum absolute atomic E-state index is 0.155. The van der Waals surface area contributed by atoms with E-state index in [0.29, 0.717) is 12.6 Å². The van der Waals surface area contributed by atoms with Crippen molar-refractivity contribution in [1.82, 2.24) is 10.2 Å². The molecule has 1 fully saturated rings. The largest absolute Gasteiger partial charge is 0.450 e. The number of ether oxygens (including phenoxy) is 1. The van der Waals surface area contributed by atoms with E-state index in [2.05, 4.69) is 19.2 Å². The molecule has 1 saturated heterocycles. The molecule has 112 valence electrons. The van der Waals surface area contributed by atoms with Gasteiger partial charge >= 0.3 is 6.09 Å². The SMILES string of the molecule is CCOC(=O)N1CCC(NCCCCC(C)C)CC1. The number of hydrogen-bond acceptors (Lipinski definition) is 3. The number of rotatable bonds is 7. The quantitative estimate of drug-likeness (QED) is 0.723. The highest BCUT2D eigenvalue weighted by Gasteiger charge is 2.22. The molecule has 0 aromatic rings. The monoisotopic (exact) mass is 270 g/mol. The molecule has 1 N–H and O–H groups in total. The van der Waals surface area contributed by atoms with Gasteiger partial charge in [-0.2, -0.15) is 0 Å². The lowest BCUT2D eigenvalue weighted by Gasteiger charge is -2.31. The number of carbonyl (C=O) groups is 1. The molecule has 1 rings (SSSR count). The molecule has 0 spiro atoms. The minimum atomic E-state index is -0.155. The van der Waals surface area contributed by atoms with Gasteiger partial charge in [0, 0.05) is 19.1 Å². The summed E-state index contributed by atoms with van der Waals surface area (Å²) in [6, 6.07) is 0.574. The number of likely N-dealkylation sites (tertiary alicyclic amines) is 1. The molecule has 0 aromatic carbocycles. The summed E-state index contributed by atoms with van der Waals surface area (Å²) in [6.07, 6.45) is 5.83. The van der Waals surface area contributed by atoms with Crippen molar-refractivity contribution in [2.75, 3.05) is 26.2 Å². The Hall–Kier alpha value is -0.770. The summed E-state index contributed by atoms with van der Waals surface area (Å²) >= 11 is 0. The Labute approximate surface area is 117 Å². The number of carbonyl (C=O) groups excluding carboxylic acids is 1. The first kappa shape index (κ1) is 16.3. The lowest BCUT2D eigenvalue weighted by atomic mass is 10.0. The van der Waals surface area contributed by atoms with Crippen LogP contribution >= 0.6 is 0 Å². The third kappa shape index (κ3) is 6.81. The second-order valence-electron chi connectivity index (χ2n) is 5.80. The molecule has 1 heterocycles. The summed E-state index contributed by atoms with van der Waals surface area (Å²) in [7, 11) is 0. The fourth-order valence-corrected chi connectivity index (χ4v) is 2.46. The van der Waals surface area contributed by atoms with Crippen molar-refractivity contribution in [3.63, 3.8) is 0 Å². The number of nitrogens with zero attached hydrogens (tertiary/aromatic N) is 1. The van der Waals surface area contributed by atoms with Gasteiger partial charge in [-0.3, -0.25) is 0 Å². The molecule has 1 amide bonds. The number of hydrogen-bond donors (Lipinski definition) is 1. The van der Waals surface area contributed by atoms with Gasteiger partial charge in [0.15, 0.2) is 0 Å². The van der Waals surface area contributed by atoms with Gasteiger partial charge in [-0.1, -0.05) is 26.7 Å². The van der Waals surface area contributed by atoms with Crippen LogP contribution in [0.25, 0.3) is 0 Å². The number of unbranched alkanes of at least 4 members (excludes halogenated alkanes) is 1. The molecule has 19 heavy (non-hydrogen) atoms. The van der Waals surface area contributed by atoms with Crippen molar-refractivity contribution in [3.05, 3.63) is 0 Å². The van der Waals surface area contributed by atoms with Crippen LogP contribution in [0.1, 0.15) is 52.9 Å². The molecule has 1 aliphatic heterocycles. The maximum absolute atomic E-state index is 11.6. The molecular weight excluding hydrogens is 240 g/mol. The van der Waals surface area contributed by atoms with Gasteiger partial charge in [0.25, 0.3) is 0 Å². The standard InChI is InChI=1S/C15H30N2O2/c1-4-19-15(18)17-11-8-14(9-12-17)16-10-6-5-7-13(2)3/h13-14,16H,4-12H2,1-3H3. The lowest BCUT2D eigenvalue weighted by Crippen LogP contribution is -2.45. The topological polar surface area (TPSA) is 41.6 Å². The van der Waals surface area contributed by atoms with Crippen LogP contribution in [0.5, 0.6) is 0 Å². The Balaban J connectivity index is 2.05. The van der Waals surface area contributed by atoms with Crippen LogP contribution in [0.15, 0.2) is 0 Å². The number of piperidine rings is 1. The van der Waals surface area contributed by atoms with E-state index in [4.69, 9.17) is 4.74 Å². The molecular formula is C15H30N2O2. The van der Waals surface area contributed by atoms with Crippen molar-refractivity contribution < 1.29 is 9.53 Å². The minimum Gasteiger partial charge on any atom is -0.450 e. The van der Waals surface area contributed by atoms with Crippen LogP contribution in [-0.2, 0) is 4.74 Å². The summed E-state index contributed by atoms with van der Waals surface area (Å²) in [5.74, 6) is 0.813. The van der Waals surface area contributed by atoms with Crippen molar-refractivity contribution in [3.8, 4) is 0 Å². The molecule has 0 unspecified atom stereocenters. The van der Waals surface area contributed by atoms with Gasteiger partial charge in [-0.15, -0.1) is 0 Å². The number of nitrogens with one attached hydrogen (secondary N) is 1. The first-order chi connectivity index (χ1) is 9.13. The summed E-state index contributed by atoms with van der Waals surface area (Å²) in [5, 5.41) is 3.61. The van der Waals surface area contributed by atoms with E-state index in [1.54, 1.807) is 0 Å². The summed E-state index contributed by atoms with van der Waals surface area (Å²) < 4.78 is 5.02. The van der Waals surface area contributed by atoms with Gasteiger partial charge in [-0.25, -0.2) is 4.79 Å². The molecule has 4 heteroatoms. The van der Waals surface area contributed by atoms with Crippen molar-refractivity contribution in [2.45, 2.75) is 58.9 Å². The first-order valence-electron chi connectivity index (χ1n) is 7.78. The molecule has 1 aliphatic rings. The molecule has 0 aromatic heterocycles. The van der Waals surface area contributed by atoms with E-state index in [0.717, 1.165) is 38.4 Å². The van der Waals surface area contributed by atoms with Crippen molar-refractivity contribution >= 4 is 6.09 Å². The van der Waals surface area contributed by atoms with Gasteiger partial charge in [0.2, 0.25) is 0 Å². The zero-order valence-electron chi connectivity index (χ0n) is 12.8. The highest BCUT2D eigenvalue weighted by atomic mass is 16.6. The third-order valence-electron chi connectivity index (χ3n) is 3.66. The fourth-order valence-electron chi connectivity index (χ4n) is 2.46. The molecule has 0 bridgehead atoms. The van der Waals surface area contributed by atoms with Crippen LogP contribution in [-0.4, -0.2) is 43.3 Å². The molecule has 4 nitrogen and oxygen atoms in total. The Morgan fingerprint density at radius 1 is 1.32 bits per heavy atom. The predicted octanol–water partition coefficient (Wildman–Crippen LogP) is 3.02. The summed E-state index contributed by atoms with van der Waals surface area (Å²) in [6.45, 7) is 9.62. The Morgan fingerprint density at radius 3 is 2.58 bits per heavy atom. The van der Waals surface area contributed by atoms with Gasteiger partial charge in [0.1, 0.15) is 0 Å². The molecule has 0 aliphatic carbocycles. The van der Waals surface area contributed by atoms with E-state index >= 15 is 0 Å². The van der Waals surface area contributed by atoms with E-state index in [9.17, 15) is 4.79 Å². The van der Waals surface area contributed by atoms with E-state index in [-0.39, 0.29) is 6.09 Å². The average Bonchev–Trinajstić information content (AvgIpc) is 2.39. The maximum Gasteiger partial charge on any atom is 0.409 e. The van der Waals surface area contributed by atoms with Crippen LogP contribution in [0.4, 0.5) is 4.79 Å². The smallest absolute Gasteiger partial charge is 0.409 e. The van der Waals surface area contributed by atoms with Crippen LogP contribution in [0, 0.1) is 5.92 Å². The molecule has 0 saturated carbocycles. The molecule has 0 atom stereocenters. The number of amides is 1. The van der Waals surface area contributed by atoms with Gasteiger partial charge in [-0.05, 0) is 38.6 Å². The van der Waals surface area contributed by atoms with Crippen molar-refractivity contribution in [2.24, 2.45) is 5.92 Å². The second kappa shape index (κ2) is 9.18. The molecule has 0 radical (unpaired) electrons. The van der Waals surface area contributed by atoms with Gasteiger partial charge in [0.05, 0.1) is 6.61 Å². The van der Waals surface area contributed by atoms with Crippen LogP contribution in [0.3, 0.4) is 0 Å². The van der Waals surface area contributed by atoms with Crippen LogP contribution in [0.2, 0.25) is 0 Å². The fraction of sp³-hybridized carbons (Fsp3) is 0.933. The summed E-state index contributed by atoms with van der Waals surface area (Å²) in [4.78, 5) is 13.4. The average molecular weight is 270 g/mol. The van der Waals surface area contributed by atoms with Crippen molar-refractivity contribution in [1.29, 1.82) is 0 Å². The highest BCUT2D eigenvalue weighted by Crippen LogP contribution is 2.12. The Morgan fingerprint density at radius 2 is 2.00 bits per heavy atom. The second-order valence-corrected chi connectivity index (χ2v) is 5.80. The zero-order chi connectivity index (χ0) is 14.1. The van der Waals surface area contributed by atoms with E-state index in [1.807, 2.05) is 11.8 Å².